The Bertz CT molecular complexity index is 2010. The maximum Gasteiger partial charge on any atom is 0.416 e. The van der Waals surface area contributed by atoms with Crippen LogP contribution in [0.1, 0.15) is 32.3 Å². The van der Waals surface area contributed by atoms with E-state index in [-0.39, 0.29) is 16.4 Å². The molecule has 5 rings (SSSR count). The molecule has 50 heavy (non-hydrogen) atoms. The second-order valence-corrected chi connectivity index (χ2v) is 12.3. The van der Waals surface area contributed by atoms with Crippen LogP contribution in [0, 0.1) is 0 Å². The zero-order valence-corrected chi connectivity index (χ0v) is 27.9. The number of anilines is 2. The van der Waals surface area contributed by atoms with E-state index in [1.165, 1.54) is 13.2 Å². The van der Waals surface area contributed by atoms with E-state index in [9.17, 15) is 27.6 Å². The van der Waals surface area contributed by atoms with Crippen molar-refractivity contribution in [1.29, 1.82) is 0 Å². The highest BCUT2D eigenvalue weighted by atomic mass is 35.5. The van der Waals surface area contributed by atoms with Gasteiger partial charge in [-0.25, -0.2) is 0 Å². The molecular formula is C38H29ClF3N3O4S. The third-order valence-corrected chi connectivity index (χ3v) is 8.79. The average Bonchev–Trinajstić information content (AvgIpc) is 3.12. The standard InChI is InChI=1S/C38H29ClF3N3O4S/c1-49-29-14-8-9-24(21-29)22-33(45-35(46)26-12-6-3-7-13-26)36(47)43-28-16-18-30(19-17-28)50-34(25-10-4-2-5-11-25)37(48)44-32-23-27(38(40,41)42)15-20-31(32)39/h2-23,34H,1H3,(H,43,47)(H,44,48)(H,45,46)/b33-22-. The molecule has 7 nitrogen and oxygen atoms in total. The van der Waals surface area contributed by atoms with Gasteiger partial charge in [0.2, 0.25) is 5.91 Å². The molecule has 254 valence electrons. The molecule has 0 aliphatic carbocycles. The molecule has 0 aromatic heterocycles. The first-order valence-electron chi connectivity index (χ1n) is 15.0. The summed E-state index contributed by atoms with van der Waals surface area (Å²) in [7, 11) is 1.52. The molecule has 0 radical (unpaired) electrons. The van der Waals surface area contributed by atoms with E-state index < -0.39 is 34.7 Å². The highest BCUT2D eigenvalue weighted by Crippen LogP contribution is 2.39. The van der Waals surface area contributed by atoms with Gasteiger partial charge >= 0.3 is 6.18 Å². The maximum atomic E-state index is 13.5. The van der Waals surface area contributed by atoms with Gasteiger partial charge in [-0.15, -0.1) is 11.8 Å². The summed E-state index contributed by atoms with van der Waals surface area (Å²) in [5.74, 6) is -1.07. The number of thioether (sulfide) groups is 1. The predicted octanol–water partition coefficient (Wildman–Crippen LogP) is 9.25. The normalized spacial score (nSPS) is 12.1. The number of methoxy groups -OCH3 is 1. The highest BCUT2D eigenvalue weighted by molar-refractivity contribution is 8.00. The van der Waals surface area contributed by atoms with Gasteiger partial charge in [0.05, 0.1) is 23.4 Å². The van der Waals surface area contributed by atoms with Crippen molar-refractivity contribution in [3.8, 4) is 5.75 Å². The second-order valence-electron chi connectivity index (χ2n) is 10.7. The van der Waals surface area contributed by atoms with E-state index in [0.717, 1.165) is 30.0 Å². The van der Waals surface area contributed by atoms with Crippen LogP contribution in [0.3, 0.4) is 0 Å². The molecule has 0 heterocycles. The number of alkyl halides is 3. The molecule has 0 saturated carbocycles. The van der Waals surface area contributed by atoms with Crippen LogP contribution in [-0.4, -0.2) is 24.8 Å². The lowest BCUT2D eigenvalue weighted by Gasteiger charge is -2.19. The van der Waals surface area contributed by atoms with Gasteiger partial charge < -0.3 is 20.7 Å². The van der Waals surface area contributed by atoms with Gasteiger partial charge in [-0.1, -0.05) is 72.3 Å². The average molecular weight is 716 g/mol. The summed E-state index contributed by atoms with van der Waals surface area (Å²) in [6.07, 6.45) is -3.09. The van der Waals surface area contributed by atoms with E-state index in [1.54, 1.807) is 109 Å². The first-order valence-corrected chi connectivity index (χ1v) is 16.3. The Labute approximate surface area is 295 Å². The third kappa shape index (κ3) is 9.55. The summed E-state index contributed by atoms with van der Waals surface area (Å²) in [6, 6.07) is 33.6. The number of halogens is 4. The maximum absolute atomic E-state index is 13.5. The number of carbonyl (C=O) groups is 3. The summed E-state index contributed by atoms with van der Waals surface area (Å²) < 4.78 is 45.3. The number of carbonyl (C=O) groups excluding carboxylic acids is 3. The number of benzene rings is 5. The number of amides is 3. The summed E-state index contributed by atoms with van der Waals surface area (Å²) in [4.78, 5) is 40.6. The van der Waals surface area contributed by atoms with Crippen LogP contribution >= 0.6 is 23.4 Å². The van der Waals surface area contributed by atoms with Crippen LogP contribution in [0.25, 0.3) is 6.08 Å². The van der Waals surface area contributed by atoms with Gasteiger partial charge in [0.1, 0.15) is 16.7 Å². The van der Waals surface area contributed by atoms with Crippen LogP contribution in [0.4, 0.5) is 24.5 Å². The predicted molar refractivity (Wildman–Crippen MR) is 190 cm³/mol. The quantitative estimate of drug-likeness (QED) is 0.0936. The molecule has 0 aliphatic heterocycles. The molecule has 1 unspecified atom stereocenters. The topological polar surface area (TPSA) is 96.5 Å². The molecule has 1 atom stereocenters. The lowest BCUT2D eigenvalue weighted by atomic mass is 10.1. The van der Waals surface area contributed by atoms with E-state index in [0.29, 0.717) is 33.0 Å². The fourth-order valence-corrected chi connectivity index (χ4v) is 5.88. The van der Waals surface area contributed by atoms with Crippen molar-refractivity contribution in [3.05, 3.63) is 160 Å². The van der Waals surface area contributed by atoms with Crippen molar-refractivity contribution in [2.24, 2.45) is 0 Å². The first-order chi connectivity index (χ1) is 24.0. The van der Waals surface area contributed by atoms with Crippen molar-refractivity contribution >= 4 is 58.5 Å². The van der Waals surface area contributed by atoms with Crippen LogP contribution in [0.5, 0.6) is 5.75 Å². The first kappa shape index (κ1) is 35.8. The number of hydrogen-bond acceptors (Lipinski definition) is 5. The van der Waals surface area contributed by atoms with Crippen molar-refractivity contribution in [2.45, 2.75) is 16.3 Å². The Hall–Kier alpha value is -5.52. The van der Waals surface area contributed by atoms with E-state index >= 15 is 0 Å². The molecule has 0 bridgehead atoms. The van der Waals surface area contributed by atoms with Gasteiger partial charge in [0.15, 0.2) is 0 Å². The largest absolute Gasteiger partial charge is 0.497 e. The Morgan fingerprint density at radius 1 is 0.800 bits per heavy atom. The van der Waals surface area contributed by atoms with Crippen LogP contribution in [-0.2, 0) is 15.8 Å². The molecule has 0 aliphatic rings. The SMILES string of the molecule is COc1cccc(/C=C(\NC(=O)c2ccccc2)C(=O)Nc2ccc(SC(C(=O)Nc3cc(C(F)(F)F)ccc3Cl)c3ccccc3)cc2)c1. The lowest BCUT2D eigenvalue weighted by Crippen LogP contribution is -2.30. The van der Waals surface area contributed by atoms with Gasteiger partial charge in [0.25, 0.3) is 11.8 Å². The Morgan fingerprint density at radius 2 is 1.48 bits per heavy atom. The van der Waals surface area contributed by atoms with E-state index in [1.807, 2.05) is 0 Å². The molecule has 0 saturated heterocycles. The molecule has 0 spiro atoms. The highest BCUT2D eigenvalue weighted by Gasteiger charge is 2.32. The van der Waals surface area contributed by atoms with E-state index in [4.69, 9.17) is 16.3 Å². The minimum atomic E-state index is -4.62. The number of nitrogens with one attached hydrogen (secondary N) is 3. The molecule has 0 fully saturated rings. The molecule has 3 amide bonds. The van der Waals surface area contributed by atoms with Crippen LogP contribution < -0.4 is 20.7 Å². The minimum Gasteiger partial charge on any atom is -0.497 e. The summed E-state index contributed by atoms with van der Waals surface area (Å²) in [6.45, 7) is 0. The van der Waals surface area contributed by atoms with Crippen molar-refractivity contribution in [2.75, 3.05) is 17.7 Å². The summed E-state index contributed by atoms with van der Waals surface area (Å²) >= 11 is 7.30. The van der Waals surface area contributed by atoms with Gasteiger partial charge in [-0.05, 0) is 83.9 Å². The second kappa shape index (κ2) is 16.3. The Balaban J connectivity index is 1.35. The Kier molecular flexibility index (Phi) is 11.6. The molecule has 3 N–H and O–H groups in total. The molecule has 12 heteroatoms. The fourth-order valence-electron chi connectivity index (χ4n) is 4.69. The van der Waals surface area contributed by atoms with Crippen molar-refractivity contribution in [1.82, 2.24) is 5.32 Å². The summed E-state index contributed by atoms with van der Waals surface area (Å²) in [5.41, 5.74) is 0.873. The van der Waals surface area contributed by atoms with Gasteiger partial charge in [0, 0.05) is 16.1 Å². The molecular weight excluding hydrogens is 687 g/mol. The lowest BCUT2D eigenvalue weighted by molar-refractivity contribution is -0.137. The summed E-state index contributed by atoms with van der Waals surface area (Å²) in [5, 5.41) is 7.12. The number of rotatable bonds is 11. The fraction of sp³-hybridized carbons (Fsp3) is 0.0789. The molecule has 5 aromatic carbocycles. The van der Waals surface area contributed by atoms with Crippen molar-refractivity contribution in [3.63, 3.8) is 0 Å². The number of ether oxygens (including phenoxy) is 1. The zero-order chi connectivity index (χ0) is 35.7. The molecule has 5 aromatic rings. The Morgan fingerprint density at radius 3 is 2.14 bits per heavy atom. The third-order valence-electron chi connectivity index (χ3n) is 7.19. The van der Waals surface area contributed by atoms with Crippen molar-refractivity contribution < 1.29 is 32.3 Å². The number of hydrogen-bond donors (Lipinski definition) is 3. The monoisotopic (exact) mass is 715 g/mol. The smallest absolute Gasteiger partial charge is 0.416 e. The minimum absolute atomic E-state index is 0.0142. The zero-order valence-electron chi connectivity index (χ0n) is 26.3. The van der Waals surface area contributed by atoms with Crippen LogP contribution in [0.15, 0.2) is 138 Å². The van der Waals surface area contributed by atoms with Gasteiger partial charge in [-0.2, -0.15) is 13.2 Å². The van der Waals surface area contributed by atoms with Crippen LogP contribution in [0.2, 0.25) is 5.02 Å². The van der Waals surface area contributed by atoms with E-state index in [2.05, 4.69) is 16.0 Å². The van der Waals surface area contributed by atoms with Gasteiger partial charge in [-0.3, -0.25) is 14.4 Å².